The third kappa shape index (κ3) is 4.46. The second-order valence-electron chi connectivity index (χ2n) is 4.31. The third-order valence-electron chi connectivity index (χ3n) is 2.72. The Morgan fingerprint density at radius 1 is 1.52 bits per heavy atom. The van der Waals surface area contributed by atoms with Crippen LogP contribution < -0.4 is 4.74 Å². The van der Waals surface area contributed by atoms with E-state index < -0.39 is 4.92 Å². The first-order valence-corrected chi connectivity index (χ1v) is 8.53. The molecule has 0 aliphatic carbocycles. The van der Waals surface area contributed by atoms with Crippen LogP contribution in [0.3, 0.4) is 0 Å². The van der Waals surface area contributed by atoms with Gasteiger partial charge in [-0.15, -0.1) is 6.58 Å². The molecule has 6 nitrogen and oxygen atoms in total. The summed E-state index contributed by atoms with van der Waals surface area (Å²) in [6.07, 6.45) is 3.25. The van der Waals surface area contributed by atoms with Crippen molar-refractivity contribution in [2.45, 2.75) is 6.92 Å². The van der Waals surface area contributed by atoms with E-state index in [1.165, 1.54) is 36.0 Å². The molecule has 1 aromatic carbocycles. The van der Waals surface area contributed by atoms with Crippen LogP contribution in [0.15, 0.2) is 41.5 Å². The van der Waals surface area contributed by atoms with Gasteiger partial charge < -0.3 is 4.74 Å². The summed E-state index contributed by atoms with van der Waals surface area (Å²) in [5.74, 6) is 1.14. The molecule has 0 saturated carbocycles. The van der Waals surface area contributed by atoms with Gasteiger partial charge in [0.05, 0.1) is 11.5 Å². The smallest absolute Gasteiger partial charge is 0.270 e. The van der Waals surface area contributed by atoms with Crippen LogP contribution in [-0.4, -0.2) is 26.8 Å². The number of rotatable bonds is 6. The van der Waals surface area contributed by atoms with Crippen molar-refractivity contribution in [3.63, 3.8) is 0 Å². The largest absolute Gasteiger partial charge is 0.493 e. The van der Waals surface area contributed by atoms with E-state index in [0.717, 1.165) is 11.8 Å². The van der Waals surface area contributed by atoms with Crippen LogP contribution in [0.5, 0.6) is 5.75 Å². The highest BCUT2D eigenvalue weighted by atomic mass is 32.2. The van der Waals surface area contributed by atoms with Gasteiger partial charge in [0.2, 0.25) is 5.12 Å². The van der Waals surface area contributed by atoms with Gasteiger partial charge in [-0.3, -0.25) is 14.9 Å². The minimum absolute atomic E-state index is 0.0661. The van der Waals surface area contributed by atoms with Gasteiger partial charge in [-0.05, 0) is 30.8 Å². The molecule has 0 atom stereocenters. The molecule has 0 fully saturated rings. The fourth-order valence-electron chi connectivity index (χ4n) is 1.78. The summed E-state index contributed by atoms with van der Waals surface area (Å²) >= 11 is 2.46. The number of hydrogen-bond donors (Lipinski definition) is 0. The molecule has 0 spiro atoms. The van der Waals surface area contributed by atoms with Crippen molar-refractivity contribution in [1.82, 2.24) is 0 Å². The van der Waals surface area contributed by atoms with Crippen LogP contribution in [0.2, 0.25) is 0 Å². The van der Waals surface area contributed by atoms with Gasteiger partial charge in [0.1, 0.15) is 15.8 Å². The maximum Gasteiger partial charge on any atom is 0.270 e. The molecular formula is C15H14N2O4S2. The Morgan fingerprint density at radius 2 is 2.30 bits per heavy atom. The first-order valence-electron chi connectivity index (χ1n) is 6.72. The number of nitrogens with zero attached hydrogens (tertiary/aromatic N) is 2. The van der Waals surface area contributed by atoms with E-state index in [1.807, 2.05) is 6.92 Å². The van der Waals surface area contributed by atoms with E-state index in [0.29, 0.717) is 28.0 Å². The third-order valence-corrected chi connectivity index (χ3v) is 4.73. The van der Waals surface area contributed by atoms with Crippen molar-refractivity contribution in [1.29, 1.82) is 0 Å². The lowest BCUT2D eigenvalue weighted by Crippen LogP contribution is -1.97. The van der Waals surface area contributed by atoms with E-state index in [4.69, 9.17) is 4.74 Å². The van der Waals surface area contributed by atoms with Crippen LogP contribution in [0.1, 0.15) is 12.5 Å². The Labute approximate surface area is 141 Å². The number of nitro benzene ring substituents is 1. The SMILES string of the molecule is C=CCSC1=N/C(=C\c2cc([N+](=O)[O-])ccc2OCC)C(=O)S1. The maximum atomic E-state index is 12.0. The Morgan fingerprint density at radius 3 is 2.96 bits per heavy atom. The number of thioether (sulfide) groups is 2. The standard InChI is InChI=1S/C15H14N2O4S2/c1-3-7-22-15-16-12(14(18)23-15)9-10-8-11(17(19)20)5-6-13(10)21-4-2/h3,5-6,8-9H,1,4,7H2,2H3/b12-9-. The van der Waals surface area contributed by atoms with Gasteiger partial charge >= 0.3 is 0 Å². The van der Waals surface area contributed by atoms with E-state index in [2.05, 4.69) is 11.6 Å². The van der Waals surface area contributed by atoms with Crippen molar-refractivity contribution < 1.29 is 14.5 Å². The number of benzene rings is 1. The molecule has 23 heavy (non-hydrogen) atoms. The number of aliphatic imine (C=N–C) groups is 1. The molecule has 0 saturated heterocycles. The molecule has 120 valence electrons. The molecule has 8 heteroatoms. The van der Waals surface area contributed by atoms with Crippen LogP contribution in [0.25, 0.3) is 6.08 Å². The molecule has 2 rings (SSSR count). The molecule has 1 aliphatic rings. The van der Waals surface area contributed by atoms with E-state index in [1.54, 1.807) is 6.08 Å². The van der Waals surface area contributed by atoms with E-state index >= 15 is 0 Å². The first kappa shape index (κ1) is 17.3. The number of non-ortho nitro benzene ring substituents is 1. The van der Waals surface area contributed by atoms with Crippen LogP contribution in [0, 0.1) is 10.1 Å². The molecular weight excluding hydrogens is 336 g/mol. The van der Waals surface area contributed by atoms with Gasteiger partial charge in [0.25, 0.3) is 5.69 Å². The Bertz CT molecular complexity index is 713. The highest BCUT2D eigenvalue weighted by molar-refractivity contribution is 8.45. The Kier molecular flexibility index (Phi) is 6.00. The zero-order valence-corrected chi connectivity index (χ0v) is 14.0. The summed E-state index contributed by atoms with van der Waals surface area (Å²) < 4.78 is 6.10. The van der Waals surface area contributed by atoms with Crippen molar-refractivity contribution in [3.05, 3.63) is 52.2 Å². The van der Waals surface area contributed by atoms with E-state index in [-0.39, 0.29) is 16.5 Å². The van der Waals surface area contributed by atoms with Crippen molar-refractivity contribution in [2.24, 2.45) is 4.99 Å². The summed E-state index contributed by atoms with van der Waals surface area (Å²) in [5.41, 5.74) is 0.648. The second kappa shape index (κ2) is 7.98. The van der Waals surface area contributed by atoms with Crippen molar-refractivity contribution in [2.75, 3.05) is 12.4 Å². The average molecular weight is 350 g/mol. The highest BCUT2D eigenvalue weighted by Gasteiger charge is 2.23. The van der Waals surface area contributed by atoms with Crippen LogP contribution in [0.4, 0.5) is 5.69 Å². The number of hydrogen-bond acceptors (Lipinski definition) is 7. The topological polar surface area (TPSA) is 81.8 Å². The zero-order valence-electron chi connectivity index (χ0n) is 12.4. The fourth-order valence-corrected chi connectivity index (χ4v) is 3.38. The average Bonchev–Trinajstić information content (AvgIpc) is 2.87. The minimum atomic E-state index is -0.489. The normalized spacial score (nSPS) is 15.6. The van der Waals surface area contributed by atoms with Crippen molar-refractivity contribution >= 4 is 44.8 Å². The predicted molar refractivity (Wildman–Crippen MR) is 94.9 cm³/mol. The summed E-state index contributed by atoms with van der Waals surface area (Å²) in [7, 11) is 0. The molecule has 0 bridgehead atoms. The number of carbonyl (C=O) groups is 1. The number of nitro groups is 1. The molecule has 0 amide bonds. The highest BCUT2D eigenvalue weighted by Crippen LogP contribution is 2.33. The van der Waals surface area contributed by atoms with Gasteiger partial charge in [-0.25, -0.2) is 4.99 Å². The van der Waals surface area contributed by atoms with E-state index in [9.17, 15) is 14.9 Å². The monoisotopic (exact) mass is 350 g/mol. The molecule has 0 unspecified atom stereocenters. The lowest BCUT2D eigenvalue weighted by Gasteiger charge is -2.07. The number of carbonyl (C=O) groups excluding carboxylic acids is 1. The molecule has 0 radical (unpaired) electrons. The van der Waals surface area contributed by atoms with Crippen LogP contribution >= 0.6 is 23.5 Å². The molecule has 0 N–H and O–H groups in total. The second-order valence-corrected chi connectivity index (χ2v) is 6.54. The van der Waals surface area contributed by atoms with Gasteiger partial charge in [-0.1, -0.05) is 17.8 Å². The fraction of sp³-hybridized carbons (Fsp3) is 0.200. The minimum Gasteiger partial charge on any atom is -0.493 e. The zero-order chi connectivity index (χ0) is 16.8. The quantitative estimate of drug-likeness (QED) is 0.335. The summed E-state index contributed by atoms with van der Waals surface area (Å²) in [5, 5.41) is 10.7. The molecule has 1 aromatic rings. The molecule has 1 heterocycles. The number of ether oxygens (including phenoxy) is 1. The molecule has 0 aromatic heterocycles. The summed E-state index contributed by atoms with van der Waals surface area (Å²) in [4.78, 5) is 26.7. The Balaban J connectivity index is 2.37. The van der Waals surface area contributed by atoms with Gasteiger partial charge in [-0.2, -0.15) is 0 Å². The van der Waals surface area contributed by atoms with Gasteiger partial charge in [0.15, 0.2) is 0 Å². The van der Waals surface area contributed by atoms with Crippen LogP contribution in [-0.2, 0) is 4.79 Å². The van der Waals surface area contributed by atoms with Crippen molar-refractivity contribution in [3.8, 4) is 5.75 Å². The van der Waals surface area contributed by atoms with Gasteiger partial charge in [0, 0.05) is 23.4 Å². The first-order chi connectivity index (χ1) is 11.0. The Hall–Kier alpha value is -2.06. The predicted octanol–water partition coefficient (Wildman–Crippen LogP) is 3.88. The molecule has 1 aliphatic heterocycles. The lowest BCUT2D eigenvalue weighted by molar-refractivity contribution is -0.384. The lowest BCUT2D eigenvalue weighted by atomic mass is 10.1. The summed E-state index contributed by atoms with van der Waals surface area (Å²) in [6.45, 7) is 5.85. The summed E-state index contributed by atoms with van der Waals surface area (Å²) in [6, 6.07) is 4.27. The maximum absolute atomic E-state index is 12.0.